The van der Waals surface area contributed by atoms with E-state index in [1.54, 1.807) is 11.3 Å². The highest BCUT2D eigenvalue weighted by atomic mass is 32.2. The van der Waals surface area contributed by atoms with Crippen molar-refractivity contribution in [1.82, 2.24) is 10.3 Å². The minimum Gasteiger partial charge on any atom is -0.314 e. The van der Waals surface area contributed by atoms with Crippen LogP contribution >= 0.6 is 11.3 Å². The first-order valence-electron chi connectivity index (χ1n) is 6.77. The molecule has 1 aromatic heterocycles. The average Bonchev–Trinajstić information content (AvgIpc) is 2.93. The summed E-state index contributed by atoms with van der Waals surface area (Å²) in [5.41, 5.74) is 1.84. The third-order valence-corrected chi connectivity index (χ3v) is 6.27. The third-order valence-electron chi connectivity index (χ3n) is 3.67. The van der Waals surface area contributed by atoms with E-state index in [9.17, 15) is 8.42 Å². The van der Waals surface area contributed by atoms with E-state index >= 15 is 0 Å². The molecule has 19 heavy (non-hydrogen) atoms. The molecule has 1 N–H and O–H groups in total. The zero-order valence-corrected chi connectivity index (χ0v) is 13.1. The van der Waals surface area contributed by atoms with E-state index in [4.69, 9.17) is 0 Å². The summed E-state index contributed by atoms with van der Waals surface area (Å²) < 4.78 is 23.3. The Kier molecular flexibility index (Phi) is 4.97. The lowest BCUT2D eigenvalue weighted by Gasteiger charge is -2.23. The van der Waals surface area contributed by atoms with Gasteiger partial charge in [0.05, 0.1) is 17.0 Å². The third kappa shape index (κ3) is 4.54. The molecule has 0 saturated carbocycles. The Morgan fingerprint density at radius 2 is 2.32 bits per heavy atom. The van der Waals surface area contributed by atoms with Gasteiger partial charge in [0.15, 0.2) is 9.84 Å². The second-order valence-corrected chi connectivity index (χ2v) is 8.86. The SMILES string of the molecule is CC(C)NCC(Cc1cncs1)C1CCS(=O)(=O)C1. The predicted molar refractivity (Wildman–Crippen MR) is 79.2 cm³/mol. The van der Waals surface area contributed by atoms with Crippen LogP contribution in [-0.4, -0.2) is 37.5 Å². The Bertz CT molecular complexity index is 483. The van der Waals surface area contributed by atoms with Gasteiger partial charge in [-0.25, -0.2) is 8.42 Å². The molecule has 2 heterocycles. The first-order chi connectivity index (χ1) is 8.96. The summed E-state index contributed by atoms with van der Waals surface area (Å²) in [4.78, 5) is 5.36. The number of sulfone groups is 1. The molecule has 1 fully saturated rings. The van der Waals surface area contributed by atoms with Crippen LogP contribution in [0.1, 0.15) is 25.1 Å². The molecular formula is C13H22N2O2S2. The van der Waals surface area contributed by atoms with E-state index in [0.717, 1.165) is 19.4 Å². The monoisotopic (exact) mass is 302 g/mol. The molecule has 1 aromatic rings. The van der Waals surface area contributed by atoms with Crippen LogP contribution in [0.4, 0.5) is 0 Å². The Morgan fingerprint density at radius 1 is 1.53 bits per heavy atom. The molecule has 2 atom stereocenters. The Morgan fingerprint density at radius 3 is 2.84 bits per heavy atom. The highest BCUT2D eigenvalue weighted by molar-refractivity contribution is 7.91. The van der Waals surface area contributed by atoms with Gasteiger partial charge in [-0.1, -0.05) is 13.8 Å². The molecule has 2 rings (SSSR count). The lowest BCUT2D eigenvalue weighted by molar-refractivity contribution is 0.335. The van der Waals surface area contributed by atoms with Crippen LogP contribution in [0.25, 0.3) is 0 Å². The summed E-state index contributed by atoms with van der Waals surface area (Å²) in [5, 5.41) is 3.45. The Hall–Kier alpha value is -0.460. The molecular weight excluding hydrogens is 280 g/mol. The van der Waals surface area contributed by atoms with Crippen molar-refractivity contribution < 1.29 is 8.42 Å². The smallest absolute Gasteiger partial charge is 0.150 e. The molecule has 0 radical (unpaired) electrons. The number of rotatable bonds is 6. The Balaban J connectivity index is 2.01. The molecule has 0 amide bonds. The van der Waals surface area contributed by atoms with E-state index < -0.39 is 9.84 Å². The minimum atomic E-state index is -2.80. The number of hydrogen-bond donors (Lipinski definition) is 1. The van der Waals surface area contributed by atoms with E-state index in [1.807, 2.05) is 11.7 Å². The van der Waals surface area contributed by atoms with Crippen LogP contribution < -0.4 is 5.32 Å². The molecule has 2 unspecified atom stereocenters. The van der Waals surface area contributed by atoms with Crippen LogP contribution in [0.3, 0.4) is 0 Å². The first kappa shape index (κ1) is 14.9. The number of aromatic nitrogens is 1. The van der Waals surface area contributed by atoms with Crippen molar-refractivity contribution in [3.8, 4) is 0 Å². The number of nitrogens with zero attached hydrogens (tertiary/aromatic N) is 1. The summed E-state index contributed by atoms with van der Waals surface area (Å²) in [5.74, 6) is 1.40. The number of hydrogen-bond acceptors (Lipinski definition) is 5. The van der Waals surface area contributed by atoms with Crippen molar-refractivity contribution in [3.63, 3.8) is 0 Å². The summed E-state index contributed by atoms with van der Waals surface area (Å²) >= 11 is 1.66. The van der Waals surface area contributed by atoms with E-state index in [-0.39, 0.29) is 0 Å². The lowest BCUT2D eigenvalue weighted by atomic mass is 9.88. The van der Waals surface area contributed by atoms with Gasteiger partial charge in [-0.05, 0) is 31.2 Å². The van der Waals surface area contributed by atoms with Gasteiger partial charge in [0.2, 0.25) is 0 Å². The molecule has 0 aromatic carbocycles. The van der Waals surface area contributed by atoms with E-state index in [0.29, 0.717) is 29.4 Å². The van der Waals surface area contributed by atoms with E-state index in [1.165, 1.54) is 4.88 Å². The average molecular weight is 302 g/mol. The van der Waals surface area contributed by atoms with Gasteiger partial charge in [0.25, 0.3) is 0 Å². The van der Waals surface area contributed by atoms with Crippen molar-refractivity contribution >= 4 is 21.2 Å². The van der Waals surface area contributed by atoms with Crippen molar-refractivity contribution in [2.45, 2.75) is 32.7 Å². The summed E-state index contributed by atoms with van der Waals surface area (Å²) in [6, 6.07) is 0.432. The maximum Gasteiger partial charge on any atom is 0.150 e. The van der Waals surface area contributed by atoms with Crippen LogP contribution in [0.15, 0.2) is 11.7 Å². The van der Waals surface area contributed by atoms with Gasteiger partial charge in [-0.3, -0.25) is 4.98 Å². The zero-order chi connectivity index (χ0) is 13.9. The van der Waals surface area contributed by atoms with Crippen LogP contribution in [-0.2, 0) is 16.3 Å². The maximum absolute atomic E-state index is 11.7. The first-order valence-corrected chi connectivity index (χ1v) is 9.47. The predicted octanol–water partition coefficient (Wildman–Crippen LogP) is 1.73. The normalized spacial score (nSPS) is 23.8. The standard InChI is InChI=1S/C13H22N2O2S2/c1-10(2)15-6-12(5-13-7-14-9-18-13)11-3-4-19(16,17)8-11/h7,9-12,15H,3-6,8H2,1-2H3. The Labute approximate surface area is 119 Å². The number of thiazole rings is 1. The van der Waals surface area contributed by atoms with Gasteiger partial charge in [0.1, 0.15) is 0 Å². The van der Waals surface area contributed by atoms with E-state index in [2.05, 4.69) is 24.1 Å². The summed E-state index contributed by atoms with van der Waals surface area (Å²) in [6.07, 6.45) is 3.65. The quantitative estimate of drug-likeness (QED) is 0.869. The minimum absolute atomic E-state index is 0.290. The fraction of sp³-hybridized carbons (Fsp3) is 0.769. The summed E-state index contributed by atoms with van der Waals surface area (Å²) in [6.45, 7) is 5.13. The van der Waals surface area contributed by atoms with Crippen molar-refractivity contribution in [2.24, 2.45) is 11.8 Å². The fourth-order valence-electron chi connectivity index (χ4n) is 2.59. The second kappa shape index (κ2) is 6.33. The number of nitrogens with one attached hydrogen (secondary N) is 1. The highest BCUT2D eigenvalue weighted by Crippen LogP contribution is 2.29. The van der Waals surface area contributed by atoms with Crippen molar-refractivity contribution in [2.75, 3.05) is 18.1 Å². The van der Waals surface area contributed by atoms with Gasteiger partial charge in [-0.2, -0.15) is 0 Å². The zero-order valence-electron chi connectivity index (χ0n) is 11.5. The van der Waals surface area contributed by atoms with Crippen molar-refractivity contribution in [3.05, 3.63) is 16.6 Å². The fourth-order valence-corrected chi connectivity index (χ4v) is 5.20. The molecule has 1 aliphatic rings. The molecule has 0 spiro atoms. The van der Waals surface area contributed by atoms with Gasteiger partial charge in [0, 0.05) is 17.1 Å². The van der Waals surface area contributed by atoms with Gasteiger partial charge in [-0.15, -0.1) is 11.3 Å². The van der Waals surface area contributed by atoms with Crippen LogP contribution in [0.5, 0.6) is 0 Å². The maximum atomic E-state index is 11.7. The molecule has 108 valence electrons. The lowest BCUT2D eigenvalue weighted by Crippen LogP contribution is -2.34. The van der Waals surface area contributed by atoms with Crippen molar-refractivity contribution in [1.29, 1.82) is 0 Å². The molecule has 0 bridgehead atoms. The molecule has 6 heteroatoms. The molecule has 4 nitrogen and oxygen atoms in total. The largest absolute Gasteiger partial charge is 0.314 e. The highest BCUT2D eigenvalue weighted by Gasteiger charge is 2.33. The molecule has 1 saturated heterocycles. The molecule has 0 aliphatic carbocycles. The van der Waals surface area contributed by atoms with Gasteiger partial charge >= 0.3 is 0 Å². The van der Waals surface area contributed by atoms with Gasteiger partial charge < -0.3 is 5.32 Å². The topological polar surface area (TPSA) is 59.1 Å². The van der Waals surface area contributed by atoms with Crippen LogP contribution in [0, 0.1) is 11.8 Å². The van der Waals surface area contributed by atoms with Crippen LogP contribution in [0.2, 0.25) is 0 Å². The molecule has 1 aliphatic heterocycles. The second-order valence-electron chi connectivity index (χ2n) is 5.66. The summed E-state index contributed by atoms with van der Waals surface area (Å²) in [7, 11) is -2.80.